The van der Waals surface area contributed by atoms with Crippen molar-refractivity contribution in [3.05, 3.63) is 18.0 Å². The number of aryl methyl sites for hydroxylation is 1. The molecule has 0 saturated carbocycles. The quantitative estimate of drug-likeness (QED) is 0.789. The Morgan fingerprint density at radius 1 is 1.57 bits per heavy atom. The Hall–Kier alpha value is -0.830. The van der Waals surface area contributed by atoms with Crippen LogP contribution in [0.4, 0.5) is 0 Å². The highest BCUT2D eigenvalue weighted by Gasteiger charge is 2.28. The zero-order valence-electron chi connectivity index (χ0n) is 9.03. The van der Waals surface area contributed by atoms with E-state index in [2.05, 4.69) is 23.4 Å². The molecule has 2 heterocycles. The van der Waals surface area contributed by atoms with E-state index in [-0.39, 0.29) is 0 Å². The van der Waals surface area contributed by atoms with E-state index in [9.17, 15) is 0 Å². The number of nitrogens with one attached hydrogen (secondary N) is 1. The molecule has 0 spiro atoms. The number of hydrogen-bond acceptors (Lipinski definition) is 2. The third kappa shape index (κ3) is 1.82. The van der Waals surface area contributed by atoms with Gasteiger partial charge in [-0.05, 0) is 24.9 Å². The Bertz CT molecular complexity index is 292. The van der Waals surface area contributed by atoms with Crippen LogP contribution in [0, 0.1) is 5.92 Å². The first-order valence-corrected chi connectivity index (χ1v) is 5.51. The molecule has 1 N–H and O–H groups in total. The summed E-state index contributed by atoms with van der Waals surface area (Å²) in [5.41, 5.74) is 1.26. The normalized spacial score (nSPS) is 27.0. The summed E-state index contributed by atoms with van der Waals surface area (Å²) >= 11 is 0. The average molecular weight is 193 g/mol. The number of nitrogens with zero attached hydrogens (tertiary/aromatic N) is 2. The molecule has 78 valence electrons. The predicted octanol–water partition coefficient (Wildman–Crippen LogP) is 1.52. The SMILES string of the molecule is CCCC1CNCC1c1ccn(C)n1. The van der Waals surface area contributed by atoms with Crippen LogP contribution in [0.1, 0.15) is 31.4 Å². The van der Waals surface area contributed by atoms with Gasteiger partial charge in [0.15, 0.2) is 0 Å². The largest absolute Gasteiger partial charge is 0.316 e. The maximum absolute atomic E-state index is 4.50. The van der Waals surface area contributed by atoms with Crippen molar-refractivity contribution in [2.45, 2.75) is 25.7 Å². The second-order valence-corrected chi connectivity index (χ2v) is 4.23. The smallest absolute Gasteiger partial charge is 0.0671 e. The van der Waals surface area contributed by atoms with Crippen molar-refractivity contribution < 1.29 is 0 Å². The standard InChI is InChI=1S/C11H19N3/c1-3-4-9-7-12-8-10(9)11-5-6-14(2)13-11/h5-6,9-10,12H,3-4,7-8H2,1-2H3. The zero-order valence-corrected chi connectivity index (χ0v) is 9.03. The monoisotopic (exact) mass is 193 g/mol. The molecule has 0 amide bonds. The van der Waals surface area contributed by atoms with Crippen LogP contribution in [0.15, 0.2) is 12.3 Å². The Kier molecular flexibility index (Phi) is 2.87. The van der Waals surface area contributed by atoms with Gasteiger partial charge < -0.3 is 5.32 Å². The first kappa shape index (κ1) is 9.71. The Morgan fingerprint density at radius 2 is 2.43 bits per heavy atom. The molecule has 1 aliphatic heterocycles. The van der Waals surface area contributed by atoms with E-state index in [0.29, 0.717) is 5.92 Å². The van der Waals surface area contributed by atoms with Crippen molar-refractivity contribution in [3.63, 3.8) is 0 Å². The molecular formula is C11H19N3. The van der Waals surface area contributed by atoms with Gasteiger partial charge in [-0.25, -0.2) is 0 Å². The molecule has 2 atom stereocenters. The van der Waals surface area contributed by atoms with Gasteiger partial charge in [0.25, 0.3) is 0 Å². The van der Waals surface area contributed by atoms with Gasteiger partial charge in [0.1, 0.15) is 0 Å². The molecule has 14 heavy (non-hydrogen) atoms. The summed E-state index contributed by atoms with van der Waals surface area (Å²) in [5, 5.41) is 7.97. The second-order valence-electron chi connectivity index (χ2n) is 4.23. The first-order valence-electron chi connectivity index (χ1n) is 5.51. The number of rotatable bonds is 3. The van der Waals surface area contributed by atoms with E-state index in [1.165, 1.54) is 18.5 Å². The molecular weight excluding hydrogens is 174 g/mol. The van der Waals surface area contributed by atoms with E-state index in [1.54, 1.807) is 0 Å². The molecule has 2 unspecified atom stereocenters. The fourth-order valence-corrected chi connectivity index (χ4v) is 2.38. The van der Waals surface area contributed by atoms with E-state index < -0.39 is 0 Å². The van der Waals surface area contributed by atoms with Gasteiger partial charge in [0.05, 0.1) is 5.69 Å². The fraction of sp³-hybridized carbons (Fsp3) is 0.727. The van der Waals surface area contributed by atoms with Crippen LogP contribution in [-0.2, 0) is 7.05 Å². The van der Waals surface area contributed by atoms with Crippen molar-refractivity contribution >= 4 is 0 Å². The van der Waals surface area contributed by atoms with Crippen LogP contribution in [-0.4, -0.2) is 22.9 Å². The Morgan fingerprint density at radius 3 is 3.07 bits per heavy atom. The molecule has 1 aromatic rings. The maximum Gasteiger partial charge on any atom is 0.0671 e. The van der Waals surface area contributed by atoms with Crippen LogP contribution < -0.4 is 5.32 Å². The lowest BCUT2D eigenvalue weighted by atomic mass is 9.89. The van der Waals surface area contributed by atoms with Crippen molar-refractivity contribution in [3.8, 4) is 0 Å². The Balaban J connectivity index is 2.09. The summed E-state index contributed by atoms with van der Waals surface area (Å²) in [4.78, 5) is 0. The van der Waals surface area contributed by atoms with Crippen molar-refractivity contribution in [2.24, 2.45) is 13.0 Å². The minimum atomic E-state index is 0.635. The molecule has 3 heteroatoms. The third-order valence-corrected chi connectivity index (χ3v) is 3.11. The summed E-state index contributed by atoms with van der Waals surface area (Å²) in [5.74, 6) is 1.42. The summed E-state index contributed by atoms with van der Waals surface area (Å²) in [6.45, 7) is 4.52. The zero-order chi connectivity index (χ0) is 9.97. The minimum Gasteiger partial charge on any atom is -0.316 e. The highest BCUT2D eigenvalue weighted by atomic mass is 15.2. The molecule has 1 fully saturated rings. The second kappa shape index (κ2) is 4.13. The lowest BCUT2D eigenvalue weighted by molar-refractivity contribution is 0.463. The average Bonchev–Trinajstić information content (AvgIpc) is 2.74. The lowest BCUT2D eigenvalue weighted by Crippen LogP contribution is -2.11. The summed E-state index contributed by atoms with van der Waals surface area (Å²) in [7, 11) is 1.99. The summed E-state index contributed by atoms with van der Waals surface area (Å²) in [6, 6.07) is 2.15. The van der Waals surface area contributed by atoms with Gasteiger partial charge in [-0.3, -0.25) is 4.68 Å². The van der Waals surface area contributed by atoms with E-state index in [0.717, 1.165) is 19.0 Å². The first-order chi connectivity index (χ1) is 6.81. The van der Waals surface area contributed by atoms with Crippen LogP contribution in [0.25, 0.3) is 0 Å². The van der Waals surface area contributed by atoms with Gasteiger partial charge in [0.2, 0.25) is 0 Å². The number of aromatic nitrogens is 2. The third-order valence-electron chi connectivity index (χ3n) is 3.11. The molecule has 1 aromatic heterocycles. The molecule has 0 aliphatic carbocycles. The van der Waals surface area contributed by atoms with E-state index in [4.69, 9.17) is 0 Å². The lowest BCUT2D eigenvalue weighted by Gasteiger charge is -2.15. The van der Waals surface area contributed by atoms with Gasteiger partial charge in [-0.2, -0.15) is 5.10 Å². The molecule has 0 aromatic carbocycles. The van der Waals surface area contributed by atoms with Gasteiger partial charge in [-0.15, -0.1) is 0 Å². The summed E-state index contributed by atoms with van der Waals surface area (Å²) < 4.78 is 1.90. The van der Waals surface area contributed by atoms with Gasteiger partial charge in [-0.1, -0.05) is 13.3 Å². The van der Waals surface area contributed by atoms with E-state index >= 15 is 0 Å². The predicted molar refractivity (Wildman–Crippen MR) is 57.2 cm³/mol. The minimum absolute atomic E-state index is 0.635. The van der Waals surface area contributed by atoms with Crippen molar-refractivity contribution in [1.82, 2.24) is 15.1 Å². The highest BCUT2D eigenvalue weighted by molar-refractivity contribution is 5.11. The van der Waals surface area contributed by atoms with Gasteiger partial charge >= 0.3 is 0 Å². The van der Waals surface area contributed by atoms with Crippen LogP contribution in [0.5, 0.6) is 0 Å². The van der Waals surface area contributed by atoms with Crippen molar-refractivity contribution in [1.29, 1.82) is 0 Å². The molecule has 1 aliphatic rings. The topological polar surface area (TPSA) is 29.9 Å². The van der Waals surface area contributed by atoms with Crippen molar-refractivity contribution in [2.75, 3.05) is 13.1 Å². The Labute approximate surface area is 85.5 Å². The number of hydrogen-bond donors (Lipinski definition) is 1. The molecule has 1 saturated heterocycles. The molecule has 0 radical (unpaired) electrons. The van der Waals surface area contributed by atoms with Crippen LogP contribution in [0.3, 0.4) is 0 Å². The summed E-state index contributed by atoms with van der Waals surface area (Å²) in [6.07, 6.45) is 4.63. The fourth-order valence-electron chi connectivity index (χ4n) is 2.38. The van der Waals surface area contributed by atoms with Crippen LogP contribution >= 0.6 is 0 Å². The highest BCUT2D eigenvalue weighted by Crippen LogP contribution is 2.29. The van der Waals surface area contributed by atoms with Gasteiger partial charge in [0, 0.05) is 25.7 Å². The molecule has 0 bridgehead atoms. The molecule has 2 rings (SSSR count). The van der Waals surface area contributed by atoms with E-state index in [1.807, 2.05) is 17.9 Å². The van der Waals surface area contributed by atoms with Crippen LogP contribution in [0.2, 0.25) is 0 Å². The molecule has 3 nitrogen and oxygen atoms in total. The maximum atomic E-state index is 4.50.